The highest BCUT2D eigenvalue weighted by Crippen LogP contribution is 2.32. The van der Waals surface area contributed by atoms with Crippen LogP contribution in [0.15, 0.2) is 22.0 Å². The lowest BCUT2D eigenvalue weighted by Gasteiger charge is -2.02. The maximum absolute atomic E-state index is 13.7. The minimum atomic E-state index is -0.200. The van der Waals surface area contributed by atoms with Gasteiger partial charge in [0.2, 0.25) is 0 Å². The zero-order valence-electron chi connectivity index (χ0n) is 6.48. The normalized spacial score (nSPS) is 11.0. The third-order valence-corrected chi connectivity index (χ3v) is 3.76. The molecule has 2 aromatic rings. The molecule has 0 nitrogen and oxygen atoms in total. The van der Waals surface area contributed by atoms with Gasteiger partial charge in [-0.25, -0.2) is 4.39 Å². The second-order valence-electron chi connectivity index (χ2n) is 2.62. The van der Waals surface area contributed by atoms with E-state index in [1.807, 2.05) is 17.5 Å². The first-order valence-electron chi connectivity index (χ1n) is 3.64. The quantitative estimate of drug-likeness (QED) is 0.672. The molecule has 0 fully saturated rings. The summed E-state index contributed by atoms with van der Waals surface area (Å²) in [5.74, 6) is -0.00495. The molecular weight excluding hydrogens is 275 g/mol. The fourth-order valence-electron chi connectivity index (χ4n) is 1.20. The van der Waals surface area contributed by atoms with E-state index in [1.165, 1.54) is 11.3 Å². The van der Waals surface area contributed by atoms with Crippen LogP contribution in [0.3, 0.4) is 0 Å². The minimum Gasteiger partial charge on any atom is -0.205 e. The van der Waals surface area contributed by atoms with Gasteiger partial charge >= 0.3 is 0 Å². The Kier molecular flexibility index (Phi) is 2.58. The zero-order chi connectivity index (χ0) is 9.42. The summed E-state index contributed by atoms with van der Waals surface area (Å²) in [7, 11) is 0. The fraction of sp³-hybridized carbons (Fsp3) is 0.111. The molecule has 0 aliphatic carbocycles. The lowest BCUT2D eigenvalue weighted by atomic mass is 10.2. The maximum Gasteiger partial charge on any atom is 0.146 e. The van der Waals surface area contributed by atoms with Crippen LogP contribution in [-0.4, -0.2) is 0 Å². The first-order chi connectivity index (χ1) is 6.24. The summed E-state index contributed by atoms with van der Waals surface area (Å²) in [6.45, 7) is 0. The van der Waals surface area contributed by atoms with E-state index in [9.17, 15) is 4.39 Å². The van der Waals surface area contributed by atoms with E-state index in [0.29, 0.717) is 10.3 Å². The van der Waals surface area contributed by atoms with Gasteiger partial charge in [-0.15, -0.1) is 22.9 Å². The van der Waals surface area contributed by atoms with Crippen LogP contribution < -0.4 is 0 Å². The van der Waals surface area contributed by atoms with E-state index in [1.54, 1.807) is 0 Å². The summed E-state index contributed by atoms with van der Waals surface area (Å²) >= 11 is 10.3. The summed E-state index contributed by atoms with van der Waals surface area (Å²) in [4.78, 5) is 0. The van der Waals surface area contributed by atoms with E-state index < -0.39 is 0 Å². The maximum atomic E-state index is 13.7. The van der Waals surface area contributed by atoms with Gasteiger partial charge in [0, 0.05) is 10.0 Å². The number of rotatable bonds is 1. The molecule has 0 saturated heterocycles. The summed E-state index contributed by atoms with van der Waals surface area (Å²) in [5, 5.41) is 2.79. The monoisotopic (exact) mass is 278 g/mol. The van der Waals surface area contributed by atoms with Crippen molar-refractivity contribution >= 4 is 49.0 Å². The number of hydrogen-bond donors (Lipinski definition) is 0. The molecule has 4 heteroatoms. The average Bonchev–Trinajstić information content (AvgIpc) is 2.53. The Bertz CT molecular complexity index is 452. The predicted octanol–water partition coefficient (Wildman–Crippen LogP) is 4.54. The van der Waals surface area contributed by atoms with Crippen molar-refractivity contribution in [1.29, 1.82) is 0 Å². The zero-order valence-corrected chi connectivity index (χ0v) is 9.64. The van der Waals surface area contributed by atoms with Crippen LogP contribution in [0.5, 0.6) is 0 Å². The van der Waals surface area contributed by atoms with Crippen molar-refractivity contribution in [3.05, 3.63) is 33.4 Å². The van der Waals surface area contributed by atoms with Gasteiger partial charge in [-0.1, -0.05) is 15.9 Å². The van der Waals surface area contributed by atoms with Gasteiger partial charge in [0.05, 0.1) is 10.6 Å². The van der Waals surface area contributed by atoms with Crippen molar-refractivity contribution in [3.63, 3.8) is 0 Å². The van der Waals surface area contributed by atoms with Gasteiger partial charge < -0.3 is 0 Å². The Hall–Kier alpha value is -0.120. The summed E-state index contributed by atoms with van der Waals surface area (Å²) in [6.07, 6.45) is 0. The molecule has 0 atom stereocenters. The molecule has 1 aromatic heterocycles. The third kappa shape index (κ3) is 1.49. The SMILES string of the molecule is Fc1c(CCl)c(Br)cc2ccsc12. The molecular formula is C9H5BrClFS. The third-order valence-electron chi connectivity index (χ3n) is 1.86. The van der Waals surface area contributed by atoms with Gasteiger partial charge in [-0.3, -0.25) is 0 Å². The number of alkyl halides is 1. The van der Waals surface area contributed by atoms with Crippen LogP contribution in [0.25, 0.3) is 10.1 Å². The minimum absolute atomic E-state index is 0.195. The van der Waals surface area contributed by atoms with E-state index in [2.05, 4.69) is 15.9 Å². The standard InChI is InChI=1S/C9H5BrClFS/c10-7-3-5-1-2-13-9(5)8(12)6(7)4-11/h1-3H,4H2. The Morgan fingerprint density at radius 3 is 3.00 bits per heavy atom. The first-order valence-corrected chi connectivity index (χ1v) is 5.85. The van der Waals surface area contributed by atoms with Crippen LogP contribution in [0.2, 0.25) is 0 Å². The van der Waals surface area contributed by atoms with Crippen LogP contribution >= 0.6 is 38.9 Å². The van der Waals surface area contributed by atoms with Crippen molar-refractivity contribution < 1.29 is 4.39 Å². The average molecular weight is 280 g/mol. The molecule has 0 aliphatic rings. The molecule has 0 amide bonds. The Morgan fingerprint density at radius 1 is 1.54 bits per heavy atom. The first kappa shape index (κ1) is 9.44. The number of fused-ring (bicyclic) bond motifs is 1. The number of thiophene rings is 1. The lowest BCUT2D eigenvalue weighted by Crippen LogP contribution is -1.87. The second-order valence-corrected chi connectivity index (χ2v) is 4.66. The van der Waals surface area contributed by atoms with Gasteiger partial charge in [0.25, 0.3) is 0 Å². The summed E-state index contributed by atoms with van der Waals surface area (Å²) in [5.41, 5.74) is 0.539. The topological polar surface area (TPSA) is 0 Å². The second kappa shape index (κ2) is 3.56. The smallest absolute Gasteiger partial charge is 0.146 e. The molecule has 0 N–H and O–H groups in total. The number of halogens is 3. The lowest BCUT2D eigenvalue weighted by molar-refractivity contribution is 0.630. The van der Waals surface area contributed by atoms with Crippen LogP contribution in [-0.2, 0) is 5.88 Å². The van der Waals surface area contributed by atoms with E-state index in [-0.39, 0.29) is 11.7 Å². The number of hydrogen-bond acceptors (Lipinski definition) is 1. The summed E-state index contributed by atoms with van der Waals surface area (Å²) in [6, 6.07) is 3.79. The Labute approximate surface area is 92.5 Å². The highest BCUT2D eigenvalue weighted by molar-refractivity contribution is 9.10. The highest BCUT2D eigenvalue weighted by Gasteiger charge is 2.11. The molecule has 0 saturated carbocycles. The van der Waals surface area contributed by atoms with Crippen LogP contribution in [0, 0.1) is 5.82 Å². The van der Waals surface area contributed by atoms with Crippen molar-refractivity contribution in [2.75, 3.05) is 0 Å². The van der Waals surface area contributed by atoms with E-state index in [4.69, 9.17) is 11.6 Å². The molecule has 0 bridgehead atoms. The molecule has 0 radical (unpaired) electrons. The van der Waals surface area contributed by atoms with E-state index >= 15 is 0 Å². The molecule has 0 aliphatic heterocycles. The van der Waals surface area contributed by atoms with Crippen LogP contribution in [0.1, 0.15) is 5.56 Å². The van der Waals surface area contributed by atoms with Gasteiger partial charge in [-0.2, -0.15) is 0 Å². The van der Waals surface area contributed by atoms with Crippen molar-refractivity contribution in [1.82, 2.24) is 0 Å². The van der Waals surface area contributed by atoms with Crippen molar-refractivity contribution in [2.24, 2.45) is 0 Å². The number of benzene rings is 1. The van der Waals surface area contributed by atoms with Gasteiger partial charge in [0.1, 0.15) is 5.82 Å². The largest absolute Gasteiger partial charge is 0.205 e. The predicted molar refractivity (Wildman–Crippen MR) is 59.0 cm³/mol. The molecule has 1 aromatic carbocycles. The molecule has 0 spiro atoms. The van der Waals surface area contributed by atoms with Gasteiger partial charge in [0.15, 0.2) is 0 Å². The van der Waals surface area contributed by atoms with E-state index in [0.717, 1.165) is 9.86 Å². The Balaban J connectivity index is 2.85. The van der Waals surface area contributed by atoms with Crippen molar-refractivity contribution in [3.8, 4) is 0 Å². The summed E-state index contributed by atoms with van der Waals surface area (Å²) < 4.78 is 15.1. The molecule has 13 heavy (non-hydrogen) atoms. The molecule has 0 unspecified atom stereocenters. The highest BCUT2D eigenvalue weighted by atomic mass is 79.9. The van der Waals surface area contributed by atoms with Crippen LogP contribution in [0.4, 0.5) is 4.39 Å². The molecule has 68 valence electrons. The van der Waals surface area contributed by atoms with Crippen molar-refractivity contribution in [2.45, 2.75) is 5.88 Å². The fourth-order valence-corrected chi connectivity index (χ4v) is 3.02. The molecule has 1 heterocycles. The van der Waals surface area contributed by atoms with Gasteiger partial charge in [-0.05, 0) is 22.9 Å². The molecule has 2 rings (SSSR count). The Morgan fingerprint density at radius 2 is 2.31 bits per heavy atom.